The van der Waals surface area contributed by atoms with Crippen LogP contribution in [0.4, 0.5) is 0 Å². The van der Waals surface area contributed by atoms with Crippen molar-refractivity contribution in [2.75, 3.05) is 6.61 Å². The number of ether oxygens (including phenoxy) is 1. The number of fused-ring (bicyclic) bond motifs is 1. The fourth-order valence-corrected chi connectivity index (χ4v) is 4.45. The molecule has 0 radical (unpaired) electrons. The van der Waals surface area contributed by atoms with E-state index in [1.165, 1.54) is 12.1 Å². The van der Waals surface area contributed by atoms with Gasteiger partial charge in [-0.2, -0.15) is 4.72 Å². The highest BCUT2D eigenvalue weighted by atomic mass is 32.2. The Morgan fingerprint density at radius 3 is 2.50 bits per heavy atom. The zero-order chi connectivity index (χ0) is 20.3. The Morgan fingerprint density at radius 2 is 1.82 bits per heavy atom. The maximum Gasteiger partial charge on any atom is 0.324 e. The van der Waals surface area contributed by atoms with Gasteiger partial charge in [0, 0.05) is 23.0 Å². The summed E-state index contributed by atoms with van der Waals surface area (Å²) in [6, 6.07) is 13.1. The van der Waals surface area contributed by atoms with Crippen LogP contribution in [0.25, 0.3) is 10.9 Å². The van der Waals surface area contributed by atoms with Crippen molar-refractivity contribution in [1.82, 2.24) is 9.71 Å². The molecule has 3 aromatic rings. The lowest BCUT2D eigenvalue weighted by Crippen LogP contribution is -2.45. The molecule has 0 bridgehead atoms. The van der Waals surface area contributed by atoms with Crippen LogP contribution in [0.5, 0.6) is 0 Å². The van der Waals surface area contributed by atoms with Gasteiger partial charge in [-0.15, -0.1) is 0 Å². The quantitative estimate of drug-likeness (QED) is 0.594. The van der Waals surface area contributed by atoms with Crippen LogP contribution in [-0.2, 0) is 19.6 Å². The molecule has 28 heavy (non-hydrogen) atoms. The molecule has 6 nitrogen and oxygen atoms in total. The molecule has 0 fully saturated rings. The van der Waals surface area contributed by atoms with Crippen molar-refractivity contribution in [3.8, 4) is 0 Å². The van der Waals surface area contributed by atoms with Gasteiger partial charge in [-0.05, 0) is 37.6 Å². The molecular formula is C21H24N2O4S. The van der Waals surface area contributed by atoms with E-state index in [0.29, 0.717) is 0 Å². The van der Waals surface area contributed by atoms with Gasteiger partial charge in [0.1, 0.15) is 6.04 Å². The van der Waals surface area contributed by atoms with E-state index in [1.807, 2.05) is 44.3 Å². The SMILES string of the molecule is CCOC(=O)[C@H](NS(=O)(=O)c1ccc(C)cc1)[C@@H](C)c1c[nH]c2ccccc12. The highest BCUT2D eigenvalue weighted by Crippen LogP contribution is 2.29. The lowest BCUT2D eigenvalue weighted by atomic mass is 9.93. The van der Waals surface area contributed by atoms with Crippen molar-refractivity contribution in [1.29, 1.82) is 0 Å². The molecule has 2 atom stereocenters. The Labute approximate surface area is 165 Å². The van der Waals surface area contributed by atoms with Gasteiger partial charge in [-0.1, -0.05) is 42.8 Å². The molecule has 0 aliphatic carbocycles. The maximum atomic E-state index is 12.9. The number of H-pyrrole nitrogens is 1. The van der Waals surface area contributed by atoms with E-state index in [1.54, 1.807) is 19.1 Å². The molecule has 0 saturated carbocycles. The lowest BCUT2D eigenvalue weighted by molar-refractivity contribution is -0.145. The van der Waals surface area contributed by atoms with Crippen LogP contribution in [0.3, 0.4) is 0 Å². The normalized spacial score (nSPS) is 14.0. The average Bonchev–Trinajstić information content (AvgIpc) is 3.10. The average molecular weight is 401 g/mol. The van der Waals surface area contributed by atoms with Crippen molar-refractivity contribution in [3.05, 3.63) is 65.9 Å². The first-order chi connectivity index (χ1) is 13.3. The minimum Gasteiger partial charge on any atom is -0.465 e. The second-order valence-electron chi connectivity index (χ2n) is 6.74. The second-order valence-corrected chi connectivity index (χ2v) is 8.46. The Morgan fingerprint density at radius 1 is 1.14 bits per heavy atom. The van der Waals surface area contributed by atoms with Crippen molar-refractivity contribution < 1.29 is 17.9 Å². The molecule has 0 aliphatic rings. The van der Waals surface area contributed by atoms with Crippen LogP contribution in [0.1, 0.15) is 30.9 Å². The molecule has 0 saturated heterocycles. The summed E-state index contributed by atoms with van der Waals surface area (Å²) in [4.78, 5) is 15.9. The summed E-state index contributed by atoms with van der Waals surface area (Å²) < 4.78 is 33.5. The zero-order valence-electron chi connectivity index (χ0n) is 16.1. The number of aryl methyl sites for hydroxylation is 1. The van der Waals surface area contributed by atoms with Crippen molar-refractivity contribution in [3.63, 3.8) is 0 Å². The van der Waals surface area contributed by atoms with E-state index in [2.05, 4.69) is 9.71 Å². The largest absolute Gasteiger partial charge is 0.465 e. The van der Waals surface area contributed by atoms with Gasteiger partial charge in [0.25, 0.3) is 0 Å². The van der Waals surface area contributed by atoms with Crippen LogP contribution in [-0.4, -0.2) is 32.0 Å². The molecule has 0 aliphatic heterocycles. The molecular weight excluding hydrogens is 376 g/mol. The summed E-state index contributed by atoms with van der Waals surface area (Å²) in [5.74, 6) is -1.04. The number of hydrogen-bond acceptors (Lipinski definition) is 4. The Balaban J connectivity index is 1.97. The number of aromatic amines is 1. The number of carbonyl (C=O) groups excluding carboxylic acids is 1. The van der Waals surface area contributed by atoms with Gasteiger partial charge in [0.2, 0.25) is 10.0 Å². The minimum absolute atomic E-state index is 0.110. The number of hydrogen-bond donors (Lipinski definition) is 2. The molecule has 0 spiro atoms. The Kier molecular flexibility index (Phi) is 5.86. The predicted molar refractivity (Wildman–Crippen MR) is 109 cm³/mol. The van der Waals surface area contributed by atoms with Gasteiger partial charge in [-0.3, -0.25) is 4.79 Å². The fraction of sp³-hybridized carbons (Fsp3) is 0.286. The summed E-state index contributed by atoms with van der Waals surface area (Å²) in [7, 11) is -3.89. The monoisotopic (exact) mass is 400 g/mol. The molecule has 0 unspecified atom stereocenters. The molecule has 1 heterocycles. The van der Waals surface area contributed by atoms with Crippen LogP contribution < -0.4 is 4.72 Å². The van der Waals surface area contributed by atoms with E-state index in [-0.39, 0.29) is 11.5 Å². The minimum atomic E-state index is -3.89. The Hall–Kier alpha value is -2.64. The van der Waals surface area contributed by atoms with E-state index < -0.39 is 28.0 Å². The third-order valence-corrected chi connectivity index (χ3v) is 6.22. The third-order valence-electron chi connectivity index (χ3n) is 4.77. The highest BCUT2D eigenvalue weighted by Gasteiger charge is 2.33. The summed E-state index contributed by atoms with van der Waals surface area (Å²) in [6.07, 6.45) is 1.81. The van der Waals surface area contributed by atoms with Crippen molar-refractivity contribution in [2.45, 2.75) is 37.6 Å². The Bertz CT molecular complexity index is 1070. The number of para-hydroxylation sites is 1. The third kappa shape index (κ3) is 4.10. The molecule has 2 aromatic carbocycles. The summed E-state index contributed by atoms with van der Waals surface area (Å²) in [5, 5.41) is 0.943. The van der Waals surface area contributed by atoms with Crippen LogP contribution >= 0.6 is 0 Å². The smallest absolute Gasteiger partial charge is 0.324 e. The molecule has 3 rings (SSSR count). The van der Waals surface area contributed by atoms with Crippen molar-refractivity contribution in [2.24, 2.45) is 0 Å². The lowest BCUT2D eigenvalue weighted by Gasteiger charge is -2.23. The van der Waals surface area contributed by atoms with E-state index in [4.69, 9.17) is 4.74 Å². The zero-order valence-corrected chi connectivity index (χ0v) is 16.9. The maximum absolute atomic E-state index is 12.9. The topological polar surface area (TPSA) is 88.3 Å². The first-order valence-electron chi connectivity index (χ1n) is 9.15. The molecule has 1 aromatic heterocycles. The van der Waals surface area contributed by atoms with Gasteiger partial charge >= 0.3 is 5.97 Å². The predicted octanol–water partition coefficient (Wildman–Crippen LogP) is 3.49. The number of aromatic nitrogens is 1. The van der Waals surface area contributed by atoms with Crippen LogP contribution in [0.15, 0.2) is 59.6 Å². The summed E-state index contributed by atoms with van der Waals surface area (Å²) >= 11 is 0. The van der Waals surface area contributed by atoms with Gasteiger partial charge in [-0.25, -0.2) is 8.42 Å². The number of benzene rings is 2. The molecule has 0 amide bonds. The molecule has 2 N–H and O–H groups in total. The first kappa shape index (κ1) is 20.1. The van der Waals surface area contributed by atoms with Crippen LogP contribution in [0.2, 0.25) is 0 Å². The number of nitrogens with one attached hydrogen (secondary N) is 2. The molecule has 148 valence electrons. The number of carbonyl (C=O) groups is 1. The number of sulfonamides is 1. The second kappa shape index (κ2) is 8.16. The van der Waals surface area contributed by atoms with E-state index >= 15 is 0 Å². The number of esters is 1. The van der Waals surface area contributed by atoms with Crippen LogP contribution in [0, 0.1) is 6.92 Å². The van der Waals surface area contributed by atoms with Crippen molar-refractivity contribution >= 4 is 26.9 Å². The fourth-order valence-electron chi connectivity index (χ4n) is 3.19. The van der Waals surface area contributed by atoms with E-state index in [0.717, 1.165) is 22.0 Å². The van der Waals surface area contributed by atoms with Gasteiger partial charge in [0.15, 0.2) is 0 Å². The standard InChI is InChI=1S/C21H24N2O4S/c1-4-27-21(24)20(23-28(25,26)16-11-9-14(2)10-12-16)15(3)18-13-22-19-8-6-5-7-17(18)19/h5-13,15,20,22-23H,4H2,1-3H3/t15-,20+/m0/s1. The highest BCUT2D eigenvalue weighted by molar-refractivity contribution is 7.89. The molecule has 7 heteroatoms. The van der Waals surface area contributed by atoms with Gasteiger partial charge in [0.05, 0.1) is 11.5 Å². The summed E-state index contributed by atoms with van der Waals surface area (Å²) in [5.41, 5.74) is 2.72. The summed E-state index contributed by atoms with van der Waals surface area (Å²) in [6.45, 7) is 5.56. The first-order valence-corrected chi connectivity index (χ1v) is 10.6. The number of rotatable bonds is 7. The van der Waals surface area contributed by atoms with Gasteiger partial charge < -0.3 is 9.72 Å². The van der Waals surface area contributed by atoms with E-state index in [9.17, 15) is 13.2 Å².